The molecule has 4 N–H and O–H groups in total. The van der Waals surface area contributed by atoms with Crippen LogP contribution in [-0.4, -0.2) is 33.0 Å². The van der Waals surface area contributed by atoms with E-state index in [0.29, 0.717) is 0 Å². The average Bonchev–Trinajstić information content (AvgIpc) is 2.60. The summed E-state index contributed by atoms with van der Waals surface area (Å²) in [7, 11) is 0. The van der Waals surface area contributed by atoms with E-state index in [9.17, 15) is 14.4 Å². The zero-order valence-electron chi connectivity index (χ0n) is 8.03. The molecule has 0 aliphatic heterocycles. The molecule has 1 heterocycles. The minimum Gasteiger partial charge on any atom is -0.480 e. The van der Waals surface area contributed by atoms with Gasteiger partial charge < -0.3 is 20.4 Å². The lowest BCUT2D eigenvalue weighted by Gasteiger charge is -2.10. The van der Waals surface area contributed by atoms with Gasteiger partial charge in [0.2, 0.25) is 0 Å². The molecule has 1 amide bonds. The van der Waals surface area contributed by atoms with Gasteiger partial charge in [0.05, 0.1) is 0 Å². The number of aliphatic carboxylic acids is 1. The molecule has 0 spiro atoms. The van der Waals surface area contributed by atoms with Gasteiger partial charge in [0.15, 0.2) is 0 Å². The maximum atomic E-state index is 11.4. The molecule has 0 aliphatic rings. The number of carboxylic acid groups (broad SMARTS) is 1. The summed E-state index contributed by atoms with van der Waals surface area (Å²) in [5.74, 6) is -1.73. The number of amides is 1. The molecule has 0 fully saturated rings. The molecule has 0 unspecified atom stereocenters. The van der Waals surface area contributed by atoms with E-state index in [1.165, 1.54) is 6.20 Å². The van der Waals surface area contributed by atoms with Crippen LogP contribution >= 0.6 is 0 Å². The molecule has 0 saturated heterocycles. The molecule has 0 saturated carbocycles. The van der Waals surface area contributed by atoms with Crippen molar-refractivity contribution in [2.24, 2.45) is 0 Å². The van der Waals surface area contributed by atoms with E-state index in [0.717, 1.165) is 0 Å². The fraction of sp³-hybridized carbons (Fsp3) is 0.375. The molecule has 1 aromatic heterocycles. The van der Waals surface area contributed by atoms with Gasteiger partial charge >= 0.3 is 11.7 Å². The van der Waals surface area contributed by atoms with E-state index >= 15 is 0 Å². The normalized spacial score (nSPS) is 12.1. The van der Waals surface area contributed by atoms with Gasteiger partial charge in [-0.05, 0) is 6.42 Å². The van der Waals surface area contributed by atoms with E-state index in [4.69, 9.17) is 5.11 Å². The number of aromatic amines is 2. The first-order chi connectivity index (χ1) is 7.04. The first-order valence-electron chi connectivity index (χ1n) is 4.36. The van der Waals surface area contributed by atoms with Gasteiger partial charge in [-0.15, -0.1) is 0 Å². The van der Waals surface area contributed by atoms with Crippen molar-refractivity contribution in [2.75, 3.05) is 0 Å². The topological polar surface area (TPSA) is 115 Å². The van der Waals surface area contributed by atoms with E-state index in [1.807, 2.05) is 0 Å². The number of imidazole rings is 1. The minimum atomic E-state index is -1.11. The van der Waals surface area contributed by atoms with Gasteiger partial charge in [-0.1, -0.05) is 6.92 Å². The summed E-state index contributed by atoms with van der Waals surface area (Å²) in [5, 5.41) is 10.9. The van der Waals surface area contributed by atoms with Gasteiger partial charge in [-0.2, -0.15) is 0 Å². The number of hydrogen-bond acceptors (Lipinski definition) is 3. The molecule has 7 nitrogen and oxygen atoms in total. The molecule has 1 atom stereocenters. The van der Waals surface area contributed by atoms with Gasteiger partial charge in [0, 0.05) is 6.20 Å². The second-order valence-electron chi connectivity index (χ2n) is 2.93. The van der Waals surface area contributed by atoms with Crippen LogP contribution in [-0.2, 0) is 4.79 Å². The van der Waals surface area contributed by atoms with Crippen LogP contribution in [0.1, 0.15) is 23.8 Å². The summed E-state index contributed by atoms with van der Waals surface area (Å²) >= 11 is 0. The highest BCUT2D eigenvalue weighted by Gasteiger charge is 2.19. The SMILES string of the molecule is CC[C@@H](NC(=O)c1c[nH]c(=O)[nH]1)C(=O)O. The summed E-state index contributed by atoms with van der Waals surface area (Å²) in [6, 6.07) is -0.948. The van der Waals surface area contributed by atoms with E-state index < -0.39 is 23.6 Å². The van der Waals surface area contributed by atoms with Crippen molar-refractivity contribution in [3.8, 4) is 0 Å². The predicted octanol–water partition coefficient (Wildman–Crippen LogP) is -0.704. The van der Waals surface area contributed by atoms with Crippen LogP contribution in [0.4, 0.5) is 0 Å². The number of nitrogens with one attached hydrogen (secondary N) is 3. The Bertz CT molecular complexity index is 420. The summed E-state index contributed by atoms with van der Waals surface area (Å²) in [4.78, 5) is 37.1. The molecule has 82 valence electrons. The summed E-state index contributed by atoms with van der Waals surface area (Å²) < 4.78 is 0. The van der Waals surface area contributed by atoms with Gasteiger partial charge in [0.1, 0.15) is 11.7 Å². The summed E-state index contributed by atoms with van der Waals surface area (Å²) in [6.07, 6.45) is 1.46. The van der Waals surface area contributed by atoms with Crippen LogP contribution in [0, 0.1) is 0 Å². The molecular formula is C8H11N3O4. The molecule has 0 aliphatic carbocycles. The molecular weight excluding hydrogens is 202 g/mol. The number of hydrogen-bond donors (Lipinski definition) is 4. The second-order valence-corrected chi connectivity index (χ2v) is 2.93. The molecule has 7 heteroatoms. The molecule has 0 bridgehead atoms. The van der Waals surface area contributed by atoms with E-state index in [1.54, 1.807) is 6.92 Å². The van der Waals surface area contributed by atoms with Crippen LogP contribution in [0.5, 0.6) is 0 Å². The van der Waals surface area contributed by atoms with Gasteiger partial charge in [0.25, 0.3) is 5.91 Å². The number of carbonyl (C=O) groups excluding carboxylic acids is 1. The lowest BCUT2D eigenvalue weighted by molar-refractivity contribution is -0.139. The number of carbonyl (C=O) groups is 2. The molecule has 0 radical (unpaired) electrons. The van der Waals surface area contributed by atoms with E-state index in [-0.39, 0.29) is 12.1 Å². The molecule has 0 aromatic carbocycles. The number of carboxylic acids is 1. The third kappa shape index (κ3) is 2.70. The Hall–Kier alpha value is -2.05. The van der Waals surface area contributed by atoms with Crippen LogP contribution in [0.25, 0.3) is 0 Å². The lowest BCUT2D eigenvalue weighted by atomic mass is 10.2. The third-order valence-electron chi connectivity index (χ3n) is 1.85. The van der Waals surface area contributed by atoms with Gasteiger partial charge in [-0.25, -0.2) is 9.59 Å². The largest absolute Gasteiger partial charge is 0.480 e. The standard InChI is InChI=1S/C8H11N3O4/c1-2-4(7(13)14)10-6(12)5-3-9-8(15)11-5/h3-4H,2H2,1H3,(H,10,12)(H,13,14)(H2,9,11,15)/t4-/m1/s1. The second kappa shape index (κ2) is 4.45. The van der Waals surface area contributed by atoms with Crippen molar-refractivity contribution < 1.29 is 14.7 Å². The lowest BCUT2D eigenvalue weighted by Crippen LogP contribution is -2.40. The molecule has 1 rings (SSSR count). The predicted molar refractivity (Wildman–Crippen MR) is 50.6 cm³/mol. The van der Waals surface area contributed by atoms with Crippen LogP contribution in [0.3, 0.4) is 0 Å². The Morgan fingerprint density at radius 1 is 1.60 bits per heavy atom. The minimum absolute atomic E-state index is 0.0136. The Morgan fingerprint density at radius 2 is 2.27 bits per heavy atom. The van der Waals surface area contributed by atoms with Gasteiger partial charge in [-0.3, -0.25) is 4.79 Å². The van der Waals surface area contributed by atoms with Crippen molar-refractivity contribution in [1.82, 2.24) is 15.3 Å². The zero-order chi connectivity index (χ0) is 11.4. The Morgan fingerprint density at radius 3 is 2.67 bits per heavy atom. The van der Waals surface area contributed by atoms with Crippen molar-refractivity contribution >= 4 is 11.9 Å². The fourth-order valence-electron chi connectivity index (χ4n) is 1.03. The van der Waals surface area contributed by atoms with Crippen molar-refractivity contribution in [3.05, 3.63) is 22.4 Å². The molecule has 15 heavy (non-hydrogen) atoms. The summed E-state index contributed by atoms with van der Waals surface area (Å²) in [5.41, 5.74) is -0.497. The summed E-state index contributed by atoms with van der Waals surface area (Å²) in [6.45, 7) is 1.64. The number of H-pyrrole nitrogens is 2. The zero-order valence-corrected chi connectivity index (χ0v) is 8.03. The number of rotatable bonds is 4. The highest BCUT2D eigenvalue weighted by Crippen LogP contribution is 1.94. The van der Waals surface area contributed by atoms with Crippen LogP contribution < -0.4 is 11.0 Å². The Balaban J connectivity index is 2.70. The maximum absolute atomic E-state index is 11.4. The molecule has 1 aromatic rings. The van der Waals surface area contributed by atoms with Crippen molar-refractivity contribution in [1.29, 1.82) is 0 Å². The van der Waals surface area contributed by atoms with Crippen molar-refractivity contribution in [3.63, 3.8) is 0 Å². The van der Waals surface area contributed by atoms with Crippen LogP contribution in [0.15, 0.2) is 11.0 Å². The van der Waals surface area contributed by atoms with Crippen LogP contribution in [0.2, 0.25) is 0 Å². The Kier molecular flexibility index (Phi) is 3.27. The third-order valence-corrected chi connectivity index (χ3v) is 1.85. The maximum Gasteiger partial charge on any atom is 0.326 e. The monoisotopic (exact) mass is 213 g/mol. The number of aromatic nitrogens is 2. The quantitative estimate of drug-likeness (QED) is 0.529. The first kappa shape index (κ1) is 11.0. The smallest absolute Gasteiger partial charge is 0.326 e. The first-order valence-corrected chi connectivity index (χ1v) is 4.36. The van der Waals surface area contributed by atoms with E-state index in [2.05, 4.69) is 15.3 Å². The van der Waals surface area contributed by atoms with Crippen molar-refractivity contribution in [2.45, 2.75) is 19.4 Å². The highest BCUT2D eigenvalue weighted by atomic mass is 16.4. The Labute approximate surface area is 84.5 Å². The highest BCUT2D eigenvalue weighted by molar-refractivity contribution is 5.94. The average molecular weight is 213 g/mol. The fourth-order valence-corrected chi connectivity index (χ4v) is 1.03.